The standard InChI is InChI=1S/C24H23NO2/c1-2-17-27-22-15-13-21(14-16-22)25-24(26)18-23(19-9-5-3-6-10-19)20-11-7-4-8-12-20/h2-16,23H,1,17-18H2,(H,25,26). The fourth-order valence-electron chi connectivity index (χ4n) is 2.99. The Bertz CT molecular complexity index is 818. The molecule has 0 saturated carbocycles. The van der Waals surface area contributed by atoms with E-state index in [-0.39, 0.29) is 11.8 Å². The molecule has 1 N–H and O–H groups in total. The molecule has 0 radical (unpaired) electrons. The van der Waals surface area contributed by atoms with Crippen molar-refractivity contribution in [3.63, 3.8) is 0 Å². The molecule has 0 aliphatic heterocycles. The Kier molecular flexibility index (Phi) is 6.42. The summed E-state index contributed by atoms with van der Waals surface area (Å²) in [6.07, 6.45) is 2.08. The van der Waals surface area contributed by atoms with E-state index in [0.717, 1.165) is 22.6 Å². The third-order valence-corrected chi connectivity index (χ3v) is 4.30. The molecular weight excluding hydrogens is 334 g/mol. The van der Waals surface area contributed by atoms with Crippen LogP contribution in [0.4, 0.5) is 5.69 Å². The molecule has 136 valence electrons. The van der Waals surface area contributed by atoms with Gasteiger partial charge in [-0.05, 0) is 35.4 Å². The van der Waals surface area contributed by atoms with Gasteiger partial charge in [-0.25, -0.2) is 0 Å². The maximum Gasteiger partial charge on any atom is 0.225 e. The van der Waals surface area contributed by atoms with Gasteiger partial charge in [0.25, 0.3) is 0 Å². The number of ether oxygens (including phenoxy) is 1. The molecule has 0 fully saturated rings. The molecule has 0 aliphatic rings. The number of nitrogens with one attached hydrogen (secondary N) is 1. The molecule has 3 rings (SSSR count). The van der Waals surface area contributed by atoms with Crippen molar-refractivity contribution < 1.29 is 9.53 Å². The molecule has 0 spiro atoms. The van der Waals surface area contributed by atoms with Crippen LogP contribution in [-0.2, 0) is 4.79 Å². The van der Waals surface area contributed by atoms with E-state index >= 15 is 0 Å². The topological polar surface area (TPSA) is 38.3 Å². The molecule has 3 aromatic rings. The highest BCUT2D eigenvalue weighted by Crippen LogP contribution is 2.28. The van der Waals surface area contributed by atoms with Gasteiger partial charge in [0.15, 0.2) is 0 Å². The van der Waals surface area contributed by atoms with Crippen LogP contribution in [0.5, 0.6) is 5.75 Å². The summed E-state index contributed by atoms with van der Waals surface area (Å²) >= 11 is 0. The number of carbonyl (C=O) groups excluding carboxylic acids is 1. The van der Waals surface area contributed by atoms with Gasteiger partial charge in [0.2, 0.25) is 5.91 Å². The SMILES string of the molecule is C=CCOc1ccc(NC(=O)CC(c2ccccc2)c2ccccc2)cc1. The van der Waals surface area contributed by atoms with Crippen LogP contribution in [0.1, 0.15) is 23.5 Å². The lowest BCUT2D eigenvalue weighted by Gasteiger charge is -2.18. The minimum absolute atomic E-state index is 0.0163. The van der Waals surface area contributed by atoms with Crippen molar-refractivity contribution in [2.75, 3.05) is 11.9 Å². The van der Waals surface area contributed by atoms with E-state index in [1.807, 2.05) is 60.7 Å². The van der Waals surface area contributed by atoms with Crippen molar-refractivity contribution in [1.82, 2.24) is 0 Å². The highest BCUT2D eigenvalue weighted by Gasteiger charge is 2.18. The quantitative estimate of drug-likeness (QED) is 0.547. The normalized spacial score (nSPS) is 10.4. The summed E-state index contributed by atoms with van der Waals surface area (Å²) in [5, 5.41) is 2.98. The Hall–Kier alpha value is -3.33. The van der Waals surface area contributed by atoms with Gasteiger partial charge >= 0.3 is 0 Å². The van der Waals surface area contributed by atoms with Crippen molar-refractivity contribution in [3.8, 4) is 5.75 Å². The van der Waals surface area contributed by atoms with Crippen molar-refractivity contribution >= 4 is 11.6 Å². The van der Waals surface area contributed by atoms with E-state index in [9.17, 15) is 4.79 Å². The molecule has 3 heteroatoms. The predicted molar refractivity (Wildman–Crippen MR) is 110 cm³/mol. The molecule has 0 bridgehead atoms. The summed E-state index contributed by atoms with van der Waals surface area (Å²) in [6, 6.07) is 27.6. The minimum atomic E-state index is -0.0209. The molecule has 27 heavy (non-hydrogen) atoms. The second-order valence-electron chi connectivity index (χ2n) is 6.25. The van der Waals surface area contributed by atoms with E-state index < -0.39 is 0 Å². The van der Waals surface area contributed by atoms with Gasteiger partial charge in [-0.1, -0.05) is 73.3 Å². The van der Waals surface area contributed by atoms with Crippen LogP contribution in [0, 0.1) is 0 Å². The van der Waals surface area contributed by atoms with E-state index in [2.05, 4.69) is 36.2 Å². The Labute approximate surface area is 160 Å². The van der Waals surface area contributed by atoms with Crippen molar-refractivity contribution in [1.29, 1.82) is 0 Å². The van der Waals surface area contributed by atoms with Gasteiger partial charge < -0.3 is 10.1 Å². The summed E-state index contributed by atoms with van der Waals surface area (Å²) < 4.78 is 5.46. The fraction of sp³-hybridized carbons (Fsp3) is 0.125. The van der Waals surface area contributed by atoms with Crippen LogP contribution < -0.4 is 10.1 Å². The Balaban J connectivity index is 1.70. The first-order valence-corrected chi connectivity index (χ1v) is 9.00. The monoisotopic (exact) mass is 357 g/mol. The predicted octanol–water partition coefficient (Wildman–Crippen LogP) is 5.41. The third kappa shape index (κ3) is 5.32. The second kappa shape index (κ2) is 9.39. The average molecular weight is 357 g/mol. The first-order valence-electron chi connectivity index (χ1n) is 9.00. The Morgan fingerprint density at radius 3 is 1.96 bits per heavy atom. The molecule has 0 unspecified atom stereocenters. The second-order valence-corrected chi connectivity index (χ2v) is 6.25. The summed E-state index contributed by atoms with van der Waals surface area (Å²) in [7, 11) is 0. The lowest BCUT2D eigenvalue weighted by atomic mass is 9.88. The van der Waals surface area contributed by atoms with Gasteiger partial charge in [0, 0.05) is 18.0 Å². The minimum Gasteiger partial charge on any atom is -0.490 e. The first-order chi connectivity index (χ1) is 13.3. The maximum atomic E-state index is 12.7. The molecule has 0 saturated heterocycles. The largest absolute Gasteiger partial charge is 0.490 e. The smallest absolute Gasteiger partial charge is 0.225 e. The molecule has 0 heterocycles. The summed E-state index contributed by atoms with van der Waals surface area (Å²) in [6.45, 7) is 4.09. The molecule has 0 aliphatic carbocycles. The zero-order valence-corrected chi connectivity index (χ0v) is 15.2. The number of rotatable bonds is 8. The highest BCUT2D eigenvalue weighted by atomic mass is 16.5. The molecule has 0 atom stereocenters. The van der Waals surface area contributed by atoms with Crippen LogP contribution in [0.2, 0.25) is 0 Å². The van der Waals surface area contributed by atoms with Gasteiger partial charge in [0.1, 0.15) is 12.4 Å². The highest BCUT2D eigenvalue weighted by molar-refractivity contribution is 5.91. The Morgan fingerprint density at radius 1 is 0.889 bits per heavy atom. The van der Waals surface area contributed by atoms with E-state index in [4.69, 9.17) is 4.74 Å². The van der Waals surface area contributed by atoms with Gasteiger partial charge in [-0.15, -0.1) is 0 Å². The number of carbonyl (C=O) groups is 1. The lowest BCUT2D eigenvalue weighted by Crippen LogP contribution is -2.16. The molecule has 0 aromatic heterocycles. The van der Waals surface area contributed by atoms with Gasteiger partial charge in [-0.3, -0.25) is 4.79 Å². The van der Waals surface area contributed by atoms with E-state index in [1.165, 1.54) is 0 Å². The van der Waals surface area contributed by atoms with Crippen molar-refractivity contribution in [2.24, 2.45) is 0 Å². The lowest BCUT2D eigenvalue weighted by molar-refractivity contribution is -0.116. The molecule has 1 amide bonds. The number of anilines is 1. The average Bonchev–Trinajstić information content (AvgIpc) is 2.73. The Morgan fingerprint density at radius 2 is 1.44 bits per heavy atom. The van der Waals surface area contributed by atoms with Gasteiger partial charge in [-0.2, -0.15) is 0 Å². The fourth-order valence-corrected chi connectivity index (χ4v) is 2.99. The summed E-state index contributed by atoms with van der Waals surface area (Å²) in [5.41, 5.74) is 3.02. The molecule has 3 nitrogen and oxygen atoms in total. The number of benzene rings is 3. The van der Waals surface area contributed by atoms with Crippen LogP contribution in [0.15, 0.2) is 97.6 Å². The van der Waals surface area contributed by atoms with Crippen molar-refractivity contribution in [3.05, 3.63) is 109 Å². The number of hydrogen-bond donors (Lipinski definition) is 1. The number of hydrogen-bond acceptors (Lipinski definition) is 2. The van der Waals surface area contributed by atoms with Crippen LogP contribution >= 0.6 is 0 Å². The van der Waals surface area contributed by atoms with E-state index in [0.29, 0.717) is 13.0 Å². The van der Waals surface area contributed by atoms with Crippen molar-refractivity contribution in [2.45, 2.75) is 12.3 Å². The maximum absolute atomic E-state index is 12.7. The van der Waals surface area contributed by atoms with Gasteiger partial charge in [0.05, 0.1) is 0 Å². The summed E-state index contributed by atoms with van der Waals surface area (Å²) in [4.78, 5) is 12.7. The molecular formula is C24H23NO2. The van der Waals surface area contributed by atoms with Crippen LogP contribution in [0.3, 0.4) is 0 Å². The van der Waals surface area contributed by atoms with Crippen LogP contribution in [0.25, 0.3) is 0 Å². The first kappa shape index (κ1) is 18.5. The molecule has 3 aromatic carbocycles. The van der Waals surface area contributed by atoms with E-state index in [1.54, 1.807) is 6.08 Å². The third-order valence-electron chi connectivity index (χ3n) is 4.30. The number of amides is 1. The van der Waals surface area contributed by atoms with Crippen LogP contribution in [-0.4, -0.2) is 12.5 Å². The zero-order valence-electron chi connectivity index (χ0n) is 15.2. The summed E-state index contributed by atoms with van der Waals surface area (Å²) in [5.74, 6) is 0.745. The zero-order chi connectivity index (χ0) is 18.9.